The molecule has 2 atom stereocenters. The molecule has 2 unspecified atom stereocenters. The Kier molecular flexibility index (Phi) is 5.51. The molecule has 0 spiro atoms. The maximum Gasteiger partial charge on any atom is 0.0782 e. The van der Waals surface area contributed by atoms with Gasteiger partial charge < -0.3 is 10.4 Å². The van der Waals surface area contributed by atoms with Crippen molar-refractivity contribution in [3.63, 3.8) is 0 Å². The monoisotopic (exact) mass is 237 g/mol. The second kappa shape index (κ2) is 6.67. The second-order valence-corrected chi connectivity index (χ2v) is 4.94. The lowest BCUT2D eigenvalue weighted by atomic mass is 10.1. The third kappa shape index (κ3) is 4.79. The fourth-order valence-electron chi connectivity index (χ4n) is 1.88. The molecule has 0 aromatic carbocycles. The lowest BCUT2D eigenvalue weighted by molar-refractivity contribution is 0.143. The van der Waals surface area contributed by atoms with Gasteiger partial charge in [0.1, 0.15) is 0 Å². The number of aliphatic hydroxyl groups excluding tert-OH is 1. The second-order valence-electron chi connectivity index (χ2n) is 4.94. The average molecular weight is 237 g/mol. The molecule has 0 bridgehead atoms. The summed E-state index contributed by atoms with van der Waals surface area (Å²) in [6.07, 6.45) is 3.91. The lowest BCUT2D eigenvalue weighted by Crippen LogP contribution is -2.30. The SMILES string of the molecule is Cc1nccnc1C(C)NCC(O)CC(C)C. The van der Waals surface area contributed by atoms with E-state index in [-0.39, 0.29) is 12.1 Å². The van der Waals surface area contributed by atoms with Gasteiger partial charge in [-0.15, -0.1) is 0 Å². The summed E-state index contributed by atoms with van der Waals surface area (Å²) < 4.78 is 0. The predicted octanol–water partition coefficient (Wildman–Crippen LogP) is 1.84. The Morgan fingerprint density at radius 1 is 1.24 bits per heavy atom. The topological polar surface area (TPSA) is 58.0 Å². The fraction of sp³-hybridized carbons (Fsp3) is 0.692. The van der Waals surface area contributed by atoms with E-state index in [1.54, 1.807) is 12.4 Å². The molecule has 4 nitrogen and oxygen atoms in total. The van der Waals surface area contributed by atoms with Gasteiger partial charge in [-0.2, -0.15) is 0 Å². The number of nitrogens with zero attached hydrogens (tertiary/aromatic N) is 2. The van der Waals surface area contributed by atoms with Crippen LogP contribution in [0.5, 0.6) is 0 Å². The van der Waals surface area contributed by atoms with Crippen molar-refractivity contribution in [3.8, 4) is 0 Å². The van der Waals surface area contributed by atoms with Crippen LogP contribution in [0, 0.1) is 12.8 Å². The van der Waals surface area contributed by atoms with Crippen molar-refractivity contribution >= 4 is 0 Å². The van der Waals surface area contributed by atoms with Crippen LogP contribution in [0.4, 0.5) is 0 Å². The molecule has 1 heterocycles. The van der Waals surface area contributed by atoms with Gasteiger partial charge in [0.2, 0.25) is 0 Å². The van der Waals surface area contributed by atoms with Gasteiger partial charge in [0, 0.05) is 25.0 Å². The van der Waals surface area contributed by atoms with E-state index in [0.29, 0.717) is 12.5 Å². The summed E-state index contributed by atoms with van der Waals surface area (Å²) >= 11 is 0. The maximum atomic E-state index is 9.79. The van der Waals surface area contributed by atoms with Gasteiger partial charge in [-0.25, -0.2) is 0 Å². The zero-order valence-electron chi connectivity index (χ0n) is 11.1. The number of nitrogens with one attached hydrogen (secondary N) is 1. The van der Waals surface area contributed by atoms with Gasteiger partial charge in [-0.05, 0) is 26.2 Å². The number of rotatable bonds is 6. The number of aromatic nitrogens is 2. The van der Waals surface area contributed by atoms with Crippen molar-refractivity contribution in [2.45, 2.75) is 46.3 Å². The summed E-state index contributed by atoms with van der Waals surface area (Å²) in [6, 6.07) is 0.116. The summed E-state index contributed by atoms with van der Waals surface area (Å²) in [6.45, 7) is 8.80. The Morgan fingerprint density at radius 3 is 2.47 bits per heavy atom. The van der Waals surface area contributed by atoms with Crippen molar-refractivity contribution in [2.75, 3.05) is 6.54 Å². The van der Waals surface area contributed by atoms with Crippen LogP contribution in [0.1, 0.15) is 44.6 Å². The highest BCUT2D eigenvalue weighted by Crippen LogP contribution is 2.12. The van der Waals surface area contributed by atoms with Crippen LogP contribution >= 0.6 is 0 Å². The minimum Gasteiger partial charge on any atom is -0.392 e. The first-order valence-electron chi connectivity index (χ1n) is 6.19. The van der Waals surface area contributed by atoms with Crippen molar-refractivity contribution in [2.24, 2.45) is 5.92 Å². The molecule has 0 aliphatic carbocycles. The first kappa shape index (κ1) is 14.1. The predicted molar refractivity (Wildman–Crippen MR) is 68.6 cm³/mol. The molecule has 1 aromatic heterocycles. The van der Waals surface area contributed by atoms with Crippen molar-refractivity contribution in [3.05, 3.63) is 23.8 Å². The number of hydrogen-bond donors (Lipinski definition) is 2. The highest BCUT2D eigenvalue weighted by Gasteiger charge is 2.12. The zero-order valence-corrected chi connectivity index (χ0v) is 11.1. The van der Waals surface area contributed by atoms with Gasteiger partial charge >= 0.3 is 0 Å². The molecule has 1 rings (SSSR count). The third-order valence-corrected chi connectivity index (χ3v) is 2.73. The molecule has 2 N–H and O–H groups in total. The normalized spacial score (nSPS) is 14.9. The molecule has 0 fully saturated rings. The fourth-order valence-corrected chi connectivity index (χ4v) is 1.88. The Balaban J connectivity index is 2.45. The number of aliphatic hydroxyl groups is 1. The Hall–Kier alpha value is -1.00. The van der Waals surface area contributed by atoms with Crippen LogP contribution in [0.25, 0.3) is 0 Å². The van der Waals surface area contributed by atoms with Gasteiger partial charge in [-0.1, -0.05) is 13.8 Å². The van der Waals surface area contributed by atoms with Crippen LogP contribution in [-0.2, 0) is 0 Å². The van der Waals surface area contributed by atoms with Crippen molar-refractivity contribution in [1.29, 1.82) is 0 Å². The van der Waals surface area contributed by atoms with Crippen LogP contribution in [0.15, 0.2) is 12.4 Å². The molecule has 0 aliphatic heterocycles. The van der Waals surface area contributed by atoms with E-state index in [1.807, 2.05) is 13.8 Å². The molecule has 1 aromatic rings. The van der Waals surface area contributed by atoms with E-state index >= 15 is 0 Å². The minimum absolute atomic E-state index is 0.116. The van der Waals surface area contributed by atoms with E-state index in [0.717, 1.165) is 17.8 Å². The molecule has 17 heavy (non-hydrogen) atoms. The molecule has 0 aliphatic rings. The first-order valence-corrected chi connectivity index (χ1v) is 6.19. The molecule has 0 saturated carbocycles. The van der Waals surface area contributed by atoms with Crippen LogP contribution < -0.4 is 5.32 Å². The van der Waals surface area contributed by atoms with Gasteiger partial charge in [-0.3, -0.25) is 9.97 Å². The van der Waals surface area contributed by atoms with Gasteiger partial charge in [0.15, 0.2) is 0 Å². The van der Waals surface area contributed by atoms with Crippen molar-refractivity contribution < 1.29 is 5.11 Å². The standard InChI is InChI=1S/C13H23N3O/c1-9(2)7-12(17)8-16-11(4)13-10(3)14-5-6-15-13/h5-6,9,11-12,16-17H,7-8H2,1-4H3. The quantitative estimate of drug-likeness (QED) is 0.792. The summed E-state index contributed by atoms with van der Waals surface area (Å²) in [5, 5.41) is 13.1. The molecule has 0 radical (unpaired) electrons. The number of hydrogen-bond acceptors (Lipinski definition) is 4. The summed E-state index contributed by atoms with van der Waals surface area (Å²) in [5.41, 5.74) is 1.88. The van der Waals surface area contributed by atoms with Crippen LogP contribution in [0.3, 0.4) is 0 Å². The highest BCUT2D eigenvalue weighted by atomic mass is 16.3. The summed E-state index contributed by atoms with van der Waals surface area (Å²) in [5.74, 6) is 0.514. The summed E-state index contributed by atoms with van der Waals surface area (Å²) in [4.78, 5) is 8.52. The smallest absolute Gasteiger partial charge is 0.0782 e. The Morgan fingerprint density at radius 2 is 1.88 bits per heavy atom. The van der Waals surface area contributed by atoms with E-state index < -0.39 is 0 Å². The van der Waals surface area contributed by atoms with Gasteiger partial charge in [0.25, 0.3) is 0 Å². The molecule has 4 heteroatoms. The largest absolute Gasteiger partial charge is 0.392 e. The van der Waals surface area contributed by atoms with E-state index in [2.05, 4.69) is 29.1 Å². The third-order valence-electron chi connectivity index (χ3n) is 2.73. The molecule has 0 amide bonds. The Labute approximate surface area is 103 Å². The van der Waals surface area contributed by atoms with E-state index in [9.17, 15) is 5.11 Å². The van der Waals surface area contributed by atoms with E-state index in [1.165, 1.54) is 0 Å². The zero-order chi connectivity index (χ0) is 12.8. The van der Waals surface area contributed by atoms with Crippen LogP contribution in [-0.4, -0.2) is 27.7 Å². The lowest BCUT2D eigenvalue weighted by Gasteiger charge is -2.18. The molecular formula is C13H23N3O. The highest BCUT2D eigenvalue weighted by molar-refractivity contribution is 5.12. The number of aryl methyl sites for hydroxylation is 1. The molecule has 96 valence electrons. The van der Waals surface area contributed by atoms with Gasteiger partial charge in [0.05, 0.1) is 17.5 Å². The minimum atomic E-state index is -0.297. The average Bonchev–Trinajstić information content (AvgIpc) is 2.25. The Bertz CT molecular complexity index is 341. The summed E-state index contributed by atoms with van der Waals surface area (Å²) in [7, 11) is 0. The molecular weight excluding hydrogens is 214 g/mol. The first-order chi connectivity index (χ1) is 8.00. The van der Waals surface area contributed by atoms with Crippen LogP contribution in [0.2, 0.25) is 0 Å². The maximum absolute atomic E-state index is 9.79. The van der Waals surface area contributed by atoms with Crippen molar-refractivity contribution in [1.82, 2.24) is 15.3 Å². The molecule has 0 saturated heterocycles. The van der Waals surface area contributed by atoms with E-state index in [4.69, 9.17) is 0 Å².